The number of benzene rings is 1. The molecule has 1 unspecified atom stereocenters. The average molecular weight is 176 g/mol. The first-order valence-electron chi connectivity index (χ1n) is 4.64. The largest absolute Gasteiger partial charge is 0.300 e. The van der Waals surface area contributed by atoms with Crippen LogP contribution in [0.15, 0.2) is 30.3 Å². The minimum atomic E-state index is 0.0429. The Morgan fingerprint density at radius 2 is 1.69 bits per heavy atom. The molecule has 0 aliphatic carbocycles. The maximum Gasteiger partial charge on any atom is 0.0455 e. The first kappa shape index (κ1) is 10.3. The fraction of sp³-hybridized carbons (Fsp3) is 0.417. The summed E-state index contributed by atoms with van der Waals surface area (Å²) in [7, 11) is 4.21. The number of rotatable bonds is 3. The monoisotopic (exact) mass is 176 g/mol. The minimum absolute atomic E-state index is 0.0429. The van der Waals surface area contributed by atoms with Crippen molar-refractivity contribution in [2.24, 2.45) is 0 Å². The van der Waals surface area contributed by atoms with E-state index in [4.69, 9.17) is 0 Å². The zero-order valence-corrected chi connectivity index (χ0v) is 8.91. The van der Waals surface area contributed by atoms with Crippen molar-refractivity contribution < 1.29 is 0 Å². The van der Waals surface area contributed by atoms with Gasteiger partial charge in [0.15, 0.2) is 0 Å². The molecule has 0 bridgehead atoms. The van der Waals surface area contributed by atoms with Gasteiger partial charge in [-0.05, 0) is 33.0 Å². The summed E-state index contributed by atoms with van der Waals surface area (Å²) in [4.78, 5) is 2.22. The van der Waals surface area contributed by atoms with Crippen molar-refractivity contribution in [3.63, 3.8) is 0 Å². The molecule has 0 heterocycles. The predicted molar refractivity (Wildman–Crippen MR) is 57.5 cm³/mol. The lowest BCUT2D eigenvalue weighted by atomic mass is 9.88. The van der Waals surface area contributed by atoms with Gasteiger partial charge in [0.1, 0.15) is 0 Å². The van der Waals surface area contributed by atoms with E-state index in [1.54, 1.807) is 0 Å². The van der Waals surface area contributed by atoms with E-state index in [-0.39, 0.29) is 5.54 Å². The third kappa shape index (κ3) is 1.92. The lowest BCUT2D eigenvalue weighted by Crippen LogP contribution is -2.38. The number of hydrogen-bond acceptors (Lipinski definition) is 1. The minimum Gasteiger partial charge on any atom is -0.300 e. The molecular formula is C12H18N. The van der Waals surface area contributed by atoms with Gasteiger partial charge >= 0.3 is 0 Å². The summed E-state index contributed by atoms with van der Waals surface area (Å²) in [6, 6.07) is 10.6. The van der Waals surface area contributed by atoms with Gasteiger partial charge in [0, 0.05) is 5.54 Å². The Labute approximate surface area is 81.4 Å². The Kier molecular flexibility index (Phi) is 3.10. The molecule has 1 atom stereocenters. The van der Waals surface area contributed by atoms with Crippen LogP contribution in [0.4, 0.5) is 0 Å². The predicted octanol–water partition coefficient (Wildman–Crippen LogP) is 2.69. The Morgan fingerprint density at radius 1 is 1.15 bits per heavy atom. The normalized spacial score (nSPS) is 15.8. The quantitative estimate of drug-likeness (QED) is 0.684. The summed E-state index contributed by atoms with van der Waals surface area (Å²) in [6.07, 6.45) is 2.22. The number of hydrogen-bond donors (Lipinski definition) is 0. The maximum atomic E-state index is 2.22. The molecular weight excluding hydrogens is 158 g/mol. The first-order valence-corrected chi connectivity index (χ1v) is 4.64. The average Bonchev–Trinajstić information content (AvgIpc) is 2.17. The highest BCUT2D eigenvalue weighted by Gasteiger charge is 2.26. The molecule has 1 nitrogen and oxygen atoms in total. The van der Waals surface area contributed by atoms with E-state index in [2.05, 4.69) is 69.6 Å². The van der Waals surface area contributed by atoms with Crippen molar-refractivity contribution in [1.82, 2.24) is 4.90 Å². The van der Waals surface area contributed by atoms with Gasteiger partial charge < -0.3 is 0 Å². The Morgan fingerprint density at radius 3 is 2.08 bits per heavy atom. The van der Waals surface area contributed by atoms with Crippen LogP contribution in [0.1, 0.15) is 19.4 Å². The van der Waals surface area contributed by atoms with Crippen molar-refractivity contribution in [1.29, 1.82) is 0 Å². The second-order valence-electron chi connectivity index (χ2n) is 3.70. The Bertz CT molecular complexity index is 253. The second kappa shape index (κ2) is 3.93. The molecule has 13 heavy (non-hydrogen) atoms. The van der Waals surface area contributed by atoms with Crippen LogP contribution in [0.2, 0.25) is 0 Å². The lowest BCUT2D eigenvalue weighted by Gasteiger charge is -2.35. The van der Waals surface area contributed by atoms with Gasteiger partial charge in [-0.2, -0.15) is 0 Å². The van der Waals surface area contributed by atoms with Crippen molar-refractivity contribution in [2.75, 3.05) is 14.1 Å². The van der Waals surface area contributed by atoms with Crippen LogP contribution in [0.5, 0.6) is 0 Å². The van der Waals surface area contributed by atoms with E-state index in [0.717, 1.165) is 0 Å². The van der Waals surface area contributed by atoms with E-state index in [0.29, 0.717) is 0 Å². The van der Waals surface area contributed by atoms with Gasteiger partial charge in [-0.25, -0.2) is 0 Å². The Balaban J connectivity index is 3.03. The van der Waals surface area contributed by atoms with E-state index >= 15 is 0 Å². The summed E-state index contributed by atoms with van der Waals surface area (Å²) >= 11 is 0. The third-order valence-corrected chi connectivity index (χ3v) is 2.85. The molecule has 1 radical (unpaired) electrons. The van der Waals surface area contributed by atoms with Crippen molar-refractivity contribution in [3.05, 3.63) is 42.3 Å². The van der Waals surface area contributed by atoms with Crippen LogP contribution in [0.25, 0.3) is 0 Å². The molecule has 1 heteroatoms. The standard InChI is InChI=1S/C12H18N/c1-5-12(2,13(3)4)11-9-7-6-8-10-11/h5-10H,1-4H3. The topological polar surface area (TPSA) is 3.24 Å². The molecule has 0 N–H and O–H groups in total. The summed E-state index contributed by atoms with van der Waals surface area (Å²) in [6.45, 7) is 4.33. The van der Waals surface area contributed by atoms with Crippen LogP contribution < -0.4 is 0 Å². The van der Waals surface area contributed by atoms with Gasteiger partial charge in [-0.15, -0.1) is 0 Å². The molecule has 0 spiro atoms. The summed E-state index contributed by atoms with van der Waals surface area (Å²) < 4.78 is 0. The SMILES string of the molecule is C[CH]C(C)(c1ccccc1)N(C)C. The van der Waals surface area contributed by atoms with Gasteiger partial charge in [-0.1, -0.05) is 37.3 Å². The molecule has 1 rings (SSSR count). The highest BCUT2D eigenvalue weighted by molar-refractivity contribution is 5.26. The summed E-state index contributed by atoms with van der Waals surface area (Å²) in [5.74, 6) is 0. The van der Waals surface area contributed by atoms with Crippen LogP contribution in [-0.4, -0.2) is 19.0 Å². The van der Waals surface area contributed by atoms with Crippen LogP contribution in [0, 0.1) is 6.42 Å². The molecule has 1 aromatic rings. The molecule has 0 aromatic heterocycles. The van der Waals surface area contributed by atoms with Crippen LogP contribution in [-0.2, 0) is 5.54 Å². The summed E-state index contributed by atoms with van der Waals surface area (Å²) in [5, 5.41) is 0. The molecule has 0 aliphatic rings. The van der Waals surface area contributed by atoms with E-state index in [9.17, 15) is 0 Å². The molecule has 0 aliphatic heterocycles. The highest BCUT2D eigenvalue weighted by Crippen LogP contribution is 2.28. The molecule has 1 aromatic carbocycles. The van der Waals surface area contributed by atoms with Crippen LogP contribution >= 0.6 is 0 Å². The third-order valence-electron chi connectivity index (χ3n) is 2.85. The molecule has 0 fully saturated rings. The molecule has 0 amide bonds. The van der Waals surface area contributed by atoms with E-state index < -0.39 is 0 Å². The molecule has 71 valence electrons. The van der Waals surface area contributed by atoms with Crippen molar-refractivity contribution in [3.8, 4) is 0 Å². The zero-order chi connectivity index (χ0) is 9.90. The second-order valence-corrected chi connectivity index (χ2v) is 3.70. The van der Waals surface area contributed by atoms with Crippen molar-refractivity contribution in [2.45, 2.75) is 19.4 Å². The fourth-order valence-corrected chi connectivity index (χ4v) is 1.46. The lowest BCUT2D eigenvalue weighted by molar-refractivity contribution is 0.213. The van der Waals surface area contributed by atoms with Gasteiger partial charge in [-0.3, -0.25) is 4.90 Å². The van der Waals surface area contributed by atoms with Gasteiger partial charge in [0.05, 0.1) is 0 Å². The smallest absolute Gasteiger partial charge is 0.0455 e. The molecule has 0 saturated heterocycles. The van der Waals surface area contributed by atoms with E-state index in [1.807, 2.05) is 0 Å². The fourth-order valence-electron chi connectivity index (χ4n) is 1.46. The van der Waals surface area contributed by atoms with Crippen LogP contribution in [0.3, 0.4) is 0 Å². The molecule has 0 saturated carbocycles. The van der Waals surface area contributed by atoms with Gasteiger partial charge in [0.2, 0.25) is 0 Å². The van der Waals surface area contributed by atoms with E-state index in [1.165, 1.54) is 5.56 Å². The summed E-state index contributed by atoms with van der Waals surface area (Å²) in [5.41, 5.74) is 1.38. The van der Waals surface area contributed by atoms with Crippen molar-refractivity contribution >= 4 is 0 Å². The number of nitrogens with zero attached hydrogens (tertiary/aromatic N) is 1. The highest BCUT2D eigenvalue weighted by atomic mass is 15.1. The maximum absolute atomic E-state index is 2.22. The first-order chi connectivity index (χ1) is 6.11. The Hall–Kier alpha value is -0.820. The zero-order valence-electron chi connectivity index (χ0n) is 8.91. The van der Waals surface area contributed by atoms with Gasteiger partial charge in [0.25, 0.3) is 0 Å².